The fourth-order valence-corrected chi connectivity index (χ4v) is 1.11. The summed E-state index contributed by atoms with van der Waals surface area (Å²) in [7, 11) is 0. The van der Waals surface area contributed by atoms with Gasteiger partial charge in [0.15, 0.2) is 0 Å². The van der Waals surface area contributed by atoms with Gasteiger partial charge in [0.1, 0.15) is 12.2 Å². The molecule has 0 aliphatic carbocycles. The Hall–Kier alpha value is -1.07. The Balaban J connectivity index is 3.55. The van der Waals surface area contributed by atoms with Crippen LogP contribution < -0.4 is 0 Å². The second-order valence-electron chi connectivity index (χ2n) is 3.34. The maximum atomic E-state index is 11.7. The smallest absolute Gasteiger partial charge is 0.389 e. The van der Waals surface area contributed by atoms with Crippen LogP contribution in [-0.4, -0.2) is 24.5 Å². The third kappa shape index (κ3) is 9.48. The van der Waals surface area contributed by atoms with Gasteiger partial charge < -0.3 is 4.74 Å². The molecule has 0 aromatic rings. The molecule has 0 saturated heterocycles. The molecule has 0 bridgehead atoms. The molecule has 0 aliphatic rings. The summed E-state index contributed by atoms with van der Waals surface area (Å²) in [5, 5.41) is 0. The van der Waals surface area contributed by atoms with Crippen LogP contribution in [0.1, 0.15) is 39.0 Å². The van der Waals surface area contributed by atoms with Gasteiger partial charge in [0.05, 0.1) is 6.61 Å². The van der Waals surface area contributed by atoms with E-state index in [-0.39, 0.29) is 38.1 Å². The summed E-state index contributed by atoms with van der Waals surface area (Å²) in [6, 6.07) is 0. The molecule has 0 radical (unpaired) electrons. The largest absolute Gasteiger partial charge is 0.466 e. The van der Waals surface area contributed by atoms with Crippen molar-refractivity contribution in [1.82, 2.24) is 0 Å². The number of alkyl halides is 3. The van der Waals surface area contributed by atoms with Gasteiger partial charge >= 0.3 is 12.1 Å². The van der Waals surface area contributed by atoms with Crippen LogP contribution in [-0.2, 0) is 14.3 Å². The van der Waals surface area contributed by atoms with E-state index in [4.69, 9.17) is 0 Å². The number of carbonyl (C=O) groups is 2. The molecule has 94 valence electrons. The number of hydrogen-bond donors (Lipinski definition) is 0. The van der Waals surface area contributed by atoms with Gasteiger partial charge in [-0.05, 0) is 19.8 Å². The first-order valence-corrected chi connectivity index (χ1v) is 5.09. The predicted molar refractivity (Wildman–Crippen MR) is 50.8 cm³/mol. The van der Waals surface area contributed by atoms with Crippen LogP contribution in [0, 0.1) is 0 Å². The van der Waals surface area contributed by atoms with Crippen molar-refractivity contribution in [2.75, 3.05) is 6.61 Å². The van der Waals surface area contributed by atoms with Crippen molar-refractivity contribution in [3.05, 3.63) is 0 Å². The van der Waals surface area contributed by atoms with Crippen LogP contribution in [0.3, 0.4) is 0 Å². The molecule has 0 heterocycles. The first kappa shape index (κ1) is 14.9. The summed E-state index contributed by atoms with van der Waals surface area (Å²) >= 11 is 0. The summed E-state index contributed by atoms with van der Waals surface area (Å²) in [6.07, 6.45) is -5.35. The van der Waals surface area contributed by atoms with Gasteiger partial charge in [-0.1, -0.05) is 0 Å². The zero-order chi connectivity index (χ0) is 12.6. The Kier molecular flexibility index (Phi) is 6.76. The van der Waals surface area contributed by atoms with E-state index in [1.165, 1.54) is 0 Å². The van der Waals surface area contributed by atoms with Crippen molar-refractivity contribution in [2.24, 2.45) is 0 Å². The molecule has 3 nitrogen and oxygen atoms in total. The molecule has 6 heteroatoms. The molecule has 0 unspecified atom stereocenters. The highest BCUT2D eigenvalue weighted by molar-refractivity contribution is 5.95. The average Bonchev–Trinajstić information content (AvgIpc) is 2.11. The third-order valence-electron chi connectivity index (χ3n) is 1.81. The zero-order valence-electron chi connectivity index (χ0n) is 9.10. The molecule has 0 spiro atoms. The summed E-state index contributed by atoms with van der Waals surface area (Å²) in [5.41, 5.74) is 0. The van der Waals surface area contributed by atoms with E-state index in [0.29, 0.717) is 0 Å². The lowest BCUT2D eigenvalue weighted by atomic mass is 10.1. The number of esters is 1. The summed E-state index contributed by atoms with van der Waals surface area (Å²) in [6.45, 7) is 1.81. The van der Waals surface area contributed by atoms with Crippen LogP contribution in [0.4, 0.5) is 13.2 Å². The van der Waals surface area contributed by atoms with E-state index < -0.39 is 18.6 Å². The number of carbonyl (C=O) groups excluding carboxylic acids is 2. The third-order valence-corrected chi connectivity index (χ3v) is 1.81. The van der Waals surface area contributed by atoms with E-state index in [1.807, 2.05) is 0 Å². The standard InChI is InChI=1S/C10H15F3O3/c1-2-16-9(15)7-8(14)5-3-4-6-10(11,12)13/h2-7H2,1H3. The monoisotopic (exact) mass is 240 g/mol. The molecule has 0 saturated carbocycles. The number of halogens is 3. The second kappa shape index (κ2) is 7.24. The Labute approximate surface area is 92.0 Å². The van der Waals surface area contributed by atoms with Crippen molar-refractivity contribution in [3.8, 4) is 0 Å². The number of ether oxygens (including phenoxy) is 1. The molecular formula is C10H15F3O3. The molecule has 0 aliphatic heterocycles. The van der Waals surface area contributed by atoms with E-state index in [2.05, 4.69) is 4.74 Å². The van der Waals surface area contributed by atoms with Gasteiger partial charge in [-0.2, -0.15) is 13.2 Å². The minimum absolute atomic E-state index is 0.00507. The Morgan fingerprint density at radius 2 is 1.81 bits per heavy atom. The van der Waals surface area contributed by atoms with E-state index in [1.54, 1.807) is 6.92 Å². The number of Topliss-reactive ketones (excluding diaryl/α,β-unsaturated/α-hetero) is 1. The lowest BCUT2D eigenvalue weighted by molar-refractivity contribution is -0.146. The van der Waals surface area contributed by atoms with E-state index in [0.717, 1.165) is 0 Å². The van der Waals surface area contributed by atoms with E-state index in [9.17, 15) is 22.8 Å². The lowest BCUT2D eigenvalue weighted by Crippen LogP contribution is -2.11. The van der Waals surface area contributed by atoms with Gasteiger partial charge in [-0.25, -0.2) is 0 Å². The average molecular weight is 240 g/mol. The van der Waals surface area contributed by atoms with Crippen molar-refractivity contribution in [3.63, 3.8) is 0 Å². The molecule has 0 N–H and O–H groups in total. The summed E-state index contributed by atoms with van der Waals surface area (Å²) < 4.78 is 39.7. The minimum Gasteiger partial charge on any atom is -0.466 e. The van der Waals surface area contributed by atoms with Crippen LogP contribution in [0.15, 0.2) is 0 Å². The fraction of sp³-hybridized carbons (Fsp3) is 0.800. The van der Waals surface area contributed by atoms with Crippen molar-refractivity contribution < 1.29 is 27.5 Å². The van der Waals surface area contributed by atoms with Crippen LogP contribution in [0.2, 0.25) is 0 Å². The topological polar surface area (TPSA) is 43.4 Å². The highest BCUT2D eigenvalue weighted by Gasteiger charge is 2.26. The number of unbranched alkanes of at least 4 members (excludes halogenated alkanes) is 1. The highest BCUT2D eigenvalue weighted by atomic mass is 19.4. The van der Waals surface area contributed by atoms with Gasteiger partial charge in [0.25, 0.3) is 0 Å². The zero-order valence-corrected chi connectivity index (χ0v) is 9.10. The Morgan fingerprint density at radius 3 is 2.31 bits per heavy atom. The van der Waals surface area contributed by atoms with E-state index >= 15 is 0 Å². The molecule has 0 amide bonds. The number of rotatable bonds is 7. The normalized spacial score (nSPS) is 11.2. The second-order valence-corrected chi connectivity index (χ2v) is 3.34. The summed E-state index contributed by atoms with van der Waals surface area (Å²) in [4.78, 5) is 21.9. The van der Waals surface area contributed by atoms with Crippen LogP contribution in [0.5, 0.6) is 0 Å². The first-order valence-electron chi connectivity index (χ1n) is 5.09. The highest BCUT2D eigenvalue weighted by Crippen LogP contribution is 2.22. The first-order chi connectivity index (χ1) is 7.35. The van der Waals surface area contributed by atoms with Crippen molar-refractivity contribution in [2.45, 2.75) is 45.2 Å². The minimum atomic E-state index is -4.18. The molecule has 0 atom stereocenters. The van der Waals surface area contributed by atoms with Crippen LogP contribution >= 0.6 is 0 Å². The van der Waals surface area contributed by atoms with Gasteiger partial charge in [0.2, 0.25) is 0 Å². The molecule has 0 aromatic carbocycles. The maximum Gasteiger partial charge on any atom is 0.389 e. The Morgan fingerprint density at radius 1 is 1.19 bits per heavy atom. The quantitative estimate of drug-likeness (QED) is 0.390. The molecule has 0 fully saturated rings. The van der Waals surface area contributed by atoms with Crippen molar-refractivity contribution in [1.29, 1.82) is 0 Å². The van der Waals surface area contributed by atoms with Gasteiger partial charge in [0, 0.05) is 12.8 Å². The number of ketones is 1. The maximum absolute atomic E-state index is 11.7. The SMILES string of the molecule is CCOC(=O)CC(=O)CCCCC(F)(F)F. The Bertz CT molecular complexity index is 236. The molecule has 0 rings (SSSR count). The summed E-state index contributed by atoms with van der Waals surface area (Å²) in [5.74, 6) is -0.996. The molecule has 16 heavy (non-hydrogen) atoms. The number of hydrogen-bond acceptors (Lipinski definition) is 3. The molecule has 0 aromatic heterocycles. The van der Waals surface area contributed by atoms with Crippen LogP contribution in [0.25, 0.3) is 0 Å². The predicted octanol–water partition coefficient (Wildman–Crippen LogP) is 2.63. The van der Waals surface area contributed by atoms with Gasteiger partial charge in [-0.15, -0.1) is 0 Å². The van der Waals surface area contributed by atoms with Gasteiger partial charge in [-0.3, -0.25) is 9.59 Å². The fourth-order valence-electron chi connectivity index (χ4n) is 1.11. The lowest BCUT2D eigenvalue weighted by Gasteiger charge is -2.05. The van der Waals surface area contributed by atoms with Crippen molar-refractivity contribution >= 4 is 11.8 Å². The molecular weight excluding hydrogens is 225 g/mol.